The van der Waals surface area contributed by atoms with Gasteiger partial charge in [-0.05, 0) is 36.2 Å². The lowest BCUT2D eigenvalue weighted by atomic mass is 10.0. The van der Waals surface area contributed by atoms with Crippen LogP contribution in [0.2, 0.25) is 0 Å². The summed E-state index contributed by atoms with van der Waals surface area (Å²) in [6.45, 7) is 1.31. The predicted molar refractivity (Wildman–Crippen MR) is 119 cm³/mol. The Kier molecular flexibility index (Phi) is 4.58. The van der Waals surface area contributed by atoms with Gasteiger partial charge in [-0.25, -0.2) is 4.39 Å². The number of morpholine rings is 1. The Bertz CT molecular complexity index is 1440. The molecule has 3 heterocycles. The fourth-order valence-electron chi connectivity index (χ4n) is 4.27. The van der Waals surface area contributed by atoms with Crippen molar-refractivity contribution in [3.8, 4) is 5.75 Å². The third-order valence-electron chi connectivity index (χ3n) is 6.07. The molecular formula is C25H26FN3O5. The van der Waals surface area contributed by atoms with Crippen molar-refractivity contribution < 1.29 is 36.5 Å². The number of ether oxygens (including phenoxy) is 2. The molecule has 1 N–H and O–H groups in total. The van der Waals surface area contributed by atoms with Crippen LogP contribution in [-0.4, -0.2) is 59.9 Å². The van der Waals surface area contributed by atoms with E-state index in [4.69, 9.17) is 17.7 Å². The summed E-state index contributed by atoms with van der Waals surface area (Å²) in [6.07, 6.45) is 0.0846. The van der Waals surface area contributed by atoms with Gasteiger partial charge in [0.15, 0.2) is 0 Å². The lowest BCUT2D eigenvalue weighted by molar-refractivity contribution is -0.136. The first-order chi connectivity index (χ1) is 19.0. The third-order valence-corrected chi connectivity index (χ3v) is 6.07. The molecule has 3 aliphatic heterocycles. The molecule has 2 saturated heterocycles. The van der Waals surface area contributed by atoms with Gasteiger partial charge in [0.05, 0.1) is 28.0 Å². The van der Waals surface area contributed by atoms with E-state index in [1.807, 2.05) is 4.90 Å². The standard InChI is InChI=1S/C25H26FN3O5/c26-20-5-4-16(13-28-8-10-33-11-9-28)12-17(20)15-34-22-3-1-2-18-19(22)14-29(25(18)32)21-6-7-23(30)27-24(21)31/h1-5,12,21H,6-11,13-15H2,(H,27,30,31)/i1D,2D,3D,4D,5D,12D. The summed E-state index contributed by atoms with van der Waals surface area (Å²) >= 11 is 0. The summed E-state index contributed by atoms with van der Waals surface area (Å²) in [5.74, 6) is -3.25. The van der Waals surface area contributed by atoms with Crippen molar-refractivity contribution in [3.63, 3.8) is 0 Å². The zero-order valence-electron chi connectivity index (χ0n) is 24.3. The number of benzene rings is 2. The van der Waals surface area contributed by atoms with Crippen molar-refractivity contribution in [3.05, 3.63) is 64.3 Å². The number of halogens is 1. The first kappa shape index (κ1) is 16.3. The van der Waals surface area contributed by atoms with Crippen LogP contribution in [0, 0.1) is 5.82 Å². The van der Waals surface area contributed by atoms with Gasteiger partial charge in [-0.1, -0.05) is 12.1 Å². The summed E-state index contributed by atoms with van der Waals surface area (Å²) < 4.78 is 76.0. The maximum absolute atomic E-state index is 15.2. The zero-order valence-corrected chi connectivity index (χ0v) is 18.3. The second-order valence-electron chi connectivity index (χ2n) is 8.28. The van der Waals surface area contributed by atoms with Gasteiger partial charge < -0.3 is 14.4 Å². The Hall–Kier alpha value is -3.30. The molecule has 8 nitrogen and oxygen atoms in total. The topological polar surface area (TPSA) is 88.2 Å². The molecule has 0 aromatic heterocycles. The third kappa shape index (κ3) is 4.53. The van der Waals surface area contributed by atoms with E-state index in [0.29, 0.717) is 26.3 Å². The monoisotopic (exact) mass is 473 g/mol. The molecule has 2 aromatic carbocycles. The predicted octanol–water partition coefficient (Wildman–Crippen LogP) is 2.00. The number of hydrogen-bond acceptors (Lipinski definition) is 6. The van der Waals surface area contributed by atoms with E-state index in [-0.39, 0.29) is 60.0 Å². The highest BCUT2D eigenvalue weighted by Gasteiger charge is 2.40. The van der Waals surface area contributed by atoms with Crippen LogP contribution in [0.5, 0.6) is 5.75 Å². The van der Waals surface area contributed by atoms with Gasteiger partial charge >= 0.3 is 0 Å². The van der Waals surface area contributed by atoms with E-state index < -0.39 is 66.4 Å². The smallest absolute Gasteiger partial charge is 0.255 e. The lowest BCUT2D eigenvalue weighted by Crippen LogP contribution is -2.52. The number of hydrogen-bond donors (Lipinski definition) is 1. The average Bonchev–Trinajstić information content (AvgIpc) is 3.27. The Morgan fingerprint density at radius 2 is 2.00 bits per heavy atom. The molecule has 178 valence electrons. The van der Waals surface area contributed by atoms with Crippen LogP contribution in [0.4, 0.5) is 4.39 Å². The minimum atomic E-state index is -1.12. The van der Waals surface area contributed by atoms with E-state index in [9.17, 15) is 14.4 Å². The molecule has 0 bridgehead atoms. The van der Waals surface area contributed by atoms with E-state index >= 15 is 4.39 Å². The van der Waals surface area contributed by atoms with Crippen molar-refractivity contribution >= 4 is 17.7 Å². The fraction of sp³-hybridized carbons (Fsp3) is 0.400. The number of nitrogens with zero attached hydrogens (tertiary/aromatic N) is 2. The first-order valence-electron chi connectivity index (χ1n) is 14.0. The number of nitrogens with one attached hydrogen (secondary N) is 1. The summed E-state index contributed by atoms with van der Waals surface area (Å²) in [7, 11) is 0. The number of carbonyl (C=O) groups excluding carboxylic acids is 3. The number of fused-ring (bicyclic) bond motifs is 1. The lowest BCUT2D eigenvalue weighted by Gasteiger charge is -2.29. The largest absolute Gasteiger partial charge is 0.488 e. The molecule has 2 aromatic rings. The van der Waals surface area contributed by atoms with E-state index in [1.165, 1.54) is 0 Å². The van der Waals surface area contributed by atoms with Crippen LogP contribution in [0.25, 0.3) is 0 Å². The van der Waals surface area contributed by atoms with Crippen LogP contribution in [0.3, 0.4) is 0 Å². The van der Waals surface area contributed by atoms with Gasteiger partial charge in [0.2, 0.25) is 11.8 Å². The molecule has 0 radical (unpaired) electrons. The van der Waals surface area contributed by atoms with Crippen molar-refractivity contribution in [1.29, 1.82) is 0 Å². The molecule has 3 amide bonds. The van der Waals surface area contributed by atoms with Crippen LogP contribution in [0.15, 0.2) is 36.3 Å². The molecule has 1 unspecified atom stereocenters. The maximum atomic E-state index is 15.2. The maximum Gasteiger partial charge on any atom is 0.255 e. The number of imide groups is 1. The summed E-state index contributed by atoms with van der Waals surface area (Å²) in [5.41, 5.74) is -0.317. The minimum absolute atomic E-state index is 0.0147. The van der Waals surface area contributed by atoms with Crippen LogP contribution in [-0.2, 0) is 34.0 Å². The summed E-state index contributed by atoms with van der Waals surface area (Å²) in [4.78, 5) is 40.3. The molecule has 9 heteroatoms. The average molecular weight is 474 g/mol. The van der Waals surface area contributed by atoms with Crippen LogP contribution in [0.1, 0.15) is 48.1 Å². The summed E-state index contributed by atoms with van der Waals surface area (Å²) in [5, 5.41) is 2.18. The number of carbonyl (C=O) groups is 3. The van der Waals surface area contributed by atoms with Crippen LogP contribution >= 0.6 is 0 Å². The van der Waals surface area contributed by atoms with Crippen molar-refractivity contribution in [1.82, 2.24) is 15.1 Å². The molecule has 1 atom stereocenters. The molecule has 2 fully saturated rings. The number of piperidine rings is 1. The molecule has 0 spiro atoms. The first-order valence-corrected chi connectivity index (χ1v) is 11.0. The van der Waals surface area contributed by atoms with Crippen molar-refractivity contribution in [2.24, 2.45) is 0 Å². The number of rotatable bonds is 6. The van der Waals surface area contributed by atoms with Crippen molar-refractivity contribution in [2.75, 3.05) is 26.3 Å². The van der Waals surface area contributed by atoms with Crippen LogP contribution < -0.4 is 10.1 Å². The highest BCUT2D eigenvalue weighted by molar-refractivity contribution is 6.05. The second-order valence-corrected chi connectivity index (χ2v) is 8.28. The van der Waals surface area contributed by atoms with Gasteiger partial charge in [-0.3, -0.25) is 24.6 Å². The molecule has 5 rings (SSSR count). The Balaban J connectivity index is 1.47. The van der Waals surface area contributed by atoms with E-state index in [1.54, 1.807) is 0 Å². The minimum Gasteiger partial charge on any atom is -0.488 e. The van der Waals surface area contributed by atoms with Gasteiger partial charge in [-0.2, -0.15) is 0 Å². The molecular weight excluding hydrogens is 441 g/mol. The molecule has 34 heavy (non-hydrogen) atoms. The Morgan fingerprint density at radius 3 is 2.79 bits per heavy atom. The fourth-order valence-corrected chi connectivity index (χ4v) is 4.27. The van der Waals surface area contributed by atoms with Gasteiger partial charge in [0, 0.05) is 42.7 Å². The van der Waals surface area contributed by atoms with Gasteiger partial charge in [-0.15, -0.1) is 0 Å². The van der Waals surface area contributed by atoms with Gasteiger partial charge in [0.1, 0.15) is 24.2 Å². The van der Waals surface area contributed by atoms with Crippen molar-refractivity contribution in [2.45, 2.75) is 38.6 Å². The van der Waals surface area contributed by atoms with E-state index in [2.05, 4.69) is 5.32 Å². The summed E-state index contributed by atoms with van der Waals surface area (Å²) in [6, 6.07) is -4.06. The highest BCUT2D eigenvalue weighted by Crippen LogP contribution is 2.34. The Morgan fingerprint density at radius 1 is 1.18 bits per heavy atom. The van der Waals surface area contributed by atoms with Gasteiger partial charge in [0.25, 0.3) is 5.91 Å². The quantitative estimate of drug-likeness (QED) is 0.646. The Labute approximate surface area is 205 Å². The highest BCUT2D eigenvalue weighted by atomic mass is 19.1. The van der Waals surface area contributed by atoms with E-state index in [0.717, 1.165) is 4.90 Å². The molecule has 0 saturated carbocycles. The normalized spacial score (nSPS) is 23.4. The number of amides is 3. The molecule has 3 aliphatic rings. The SMILES string of the molecule is [2H]c1c([2H])c(OCc2c([2H])c(CN3CCOCC3)c([2H])c([2H])c2F)c2c(c1[2H])C(=O)N(C1CCC(=O)NC1=O)C2. The zero-order chi connectivity index (χ0) is 28.9. The molecule has 0 aliphatic carbocycles. The second kappa shape index (κ2) is 9.52.